The third-order valence-corrected chi connectivity index (χ3v) is 3.32. The van der Waals surface area contributed by atoms with Gasteiger partial charge < -0.3 is 15.0 Å². The van der Waals surface area contributed by atoms with Gasteiger partial charge in [-0.15, -0.1) is 0 Å². The summed E-state index contributed by atoms with van der Waals surface area (Å²) in [5.41, 5.74) is -0.470. The van der Waals surface area contributed by atoms with E-state index >= 15 is 0 Å². The number of hydrogen-bond donors (Lipinski definition) is 2. The minimum absolute atomic E-state index is 0.112. The van der Waals surface area contributed by atoms with Crippen molar-refractivity contribution in [1.29, 1.82) is 0 Å². The average molecular weight is 363 g/mol. The number of carbonyl (C=O) groups excluding carboxylic acids is 2. The number of nitrogens with zero attached hydrogens (tertiary/aromatic N) is 2. The number of aromatic nitrogens is 2. The molecule has 0 aromatic carbocycles. The molecule has 0 spiro atoms. The van der Waals surface area contributed by atoms with Crippen LogP contribution in [0.1, 0.15) is 18.2 Å². The maximum absolute atomic E-state index is 12.8. The molecule has 2 amide bonds. The van der Waals surface area contributed by atoms with E-state index in [0.717, 1.165) is 16.7 Å². The maximum Gasteiger partial charge on any atom is 0.417 e. The van der Waals surface area contributed by atoms with Gasteiger partial charge in [-0.1, -0.05) is 11.6 Å². The molecule has 130 valence electrons. The van der Waals surface area contributed by atoms with Gasteiger partial charge in [0.15, 0.2) is 5.65 Å². The van der Waals surface area contributed by atoms with E-state index in [0.29, 0.717) is 0 Å². The minimum Gasteiger partial charge on any atom is -0.355 e. The molecule has 0 saturated heterocycles. The summed E-state index contributed by atoms with van der Waals surface area (Å²) >= 11 is 5.83. The van der Waals surface area contributed by atoms with Crippen LogP contribution in [-0.4, -0.2) is 34.3 Å². The van der Waals surface area contributed by atoms with Crippen molar-refractivity contribution in [3.63, 3.8) is 0 Å². The average Bonchev–Trinajstić information content (AvgIpc) is 2.85. The number of pyridine rings is 1. The van der Waals surface area contributed by atoms with E-state index in [4.69, 9.17) is 11.6 Å². The van der Waals surface area contributed by atoms with Gasteiger partial charge in [0.25, 0.3) is 0 Å². The van der Waals surface area contributed by atoms with Crippen molar-refractivity contribution < 1.29 is 22.8 Å². The molecule has 0 radical (unpaired) electrons. The van der Waals surface area contributed by atoms with Gasteiger partial charge in [-0.25, -0.2) is 4.98 Å². The first-order chi connectivity index (χ1) is 11.2. The lowest BCUT2D eigenvalue weighted by Gasteiger charge is -2.07. The predicted octanol–water partition coefficient (Wildman–Crippen LogP) is 1.80. The van der Waals surface area contributed by atoms with Gasteiger partial charge in [0.1, 0.15) is 0 Å². The van der Waals surface area contributed by atoms with Crippen LogP contribution in [0.2, 0.25) is 5.02 Å². The van der Waals surface area contributed by atoms with Gasteiger partial charge in [0, 0.05) is 32.4 Å². The molecule has 0 saturated carbocycles. The van der Waals surface area contributed by atoms with Crippen LogP contribution in [0.25, 0.3) is 5.65 Å². The number of imidazole rings is 1. The molecule has 24 heavy (non-hydrogen) atoms. The van der Waals surface area contributed by atoms with Crippen LogP contribution in [0.5, 0.6) is 0 Å². The number of nitrogens with one attached hydrogen (secondary N) is 2. The zero-order valence-corrected chi connectivity index (χ0v) is 13.3. The lowest BCUT2D eigenvalue weighted by molar-refractivity contribution is -0.137. The Balaban J connectivity index is 2.06. The molecule has 0 aliphatic carbocycles. The summed E-state index contributed by atoms with van der Waals surface area (Å²) in [5, 5.41) is 4.93. The Morgan fingerprint density at radius 1 is 1.25 bits per heavy atom. The number of rotatable bonds is 5. The molecule has 6 nitrogen and oxygen atoms in total. The van der Waals surface area contributed by atoms with E-state index < -0.39 is 11.7 Å². The Bertz CT molecular complexity index is 773. The van der Waals surface area contributed by atoms with E-state index in [1.807, 2.05) is 0 Å². The first kappa shape index (κ1) is 18.1. The van der Waals surface area contributed by atoms with Crippen LogP contribution in [0, 0.1) is 0 Å². The standard InChI is InChI=1S/C14H14ClF3N4O2/c1-8(23)19-2-3-20-12(24)5-10-7-22-6-9(14(16,17)18)4-11(15)13(22)21-10/h4,6-7H,2-3,5H2,1H3,(H,19,23)(H,20,24). The van der Waals surface area contributed by atoms with Gasteiger partial charge >= 0.3 is 6.18 Å². The molecule has 0 unspecified atom stereocenters. The van der Waals surface area contributed by atoms with E-state index in [2.05, 4.69) is 15.6 Å². The summed E-state index contributed by atoms with van der Waals surface area (Å²) in [6.45, 7) is 1.88. The Kier molecular flexibility index (Phi) is 5.33. The van der Waals surface area contributed by atoms with E-state index in [1.54, 1.807) is 0 Å². The van der Waals surface area contributed by atoms with Gasteiger partial charge in [-0.2, -0.15) is 13.2 Å². The van der Waals surface area contributed by atoms with Gasteiger partial charge in [-0.05, 0) is 6.07 Å². The lowest BCUT2D eigenvalue weighted by Crippen LogP contribution is -2.34. The summed E-state index contributed by atoms with van der Waals surface area (Å²) < 4.78 is 39.4. The van der Waals surface area contributed by atoms with Crippen LogP contribution in [0.4, 0.5) is 13.2 Å². The normalized spacial score (nSPS) is 11.5. The molecular formula is C14H14ClF3N4O2. The van der Waals surface area contributed by atoms with E-state index in [9.17, 15) is 22.8 Å². The second-order valence-electron chi connectivity index (χ2n) is 5.05. The second-order valence-corrected chi connectivity index (χ2v) is 5.45. The molecule has 0 atom stereocenters. The summed E-state index contributed by atoms with van der Waals surface area (Å²) in [5.74, 6) is -0.573. The summed E-state index contributed by atoms with van der Waals surface area (Å²) in [6.07, 6.45) is -2.45. The summed E-state index contributed by atoms with van der Waals surface area (Å²) in [6, 6.07) is 0.793. The van der Waals surface area contributed by atoms with E-state index in [1.165, 1.54) is 13.1 Å². The van der Waals surface area contributed by atoms with Crippen molar-refractivity contribution in [3.8, 4) is 0 Å². The van der Waals surface area contributed by atoms with Gasteiger partial charge in [-0.3, -0.25) is 9.59 Å². The van der Waals surface area contributed by atoms with Crippen molar-refractivity contribution in [2.75, 3.05) is 13.1 Å². The zero-order chi connectivity index (χ0) is 17.9. The molecule has 0 bridgehead atoms. The topological polar surface area (TPSA) is 75.5 Å². The van der Waals surface area contributed by atoms with Crippen molar-refractivity contribution in [3.05, 3.63) is 34.7 Å². The number of alkyl halides is 3. The highest BCUT2D eigenvalue weighted by Crippen LogP contribution is 2.32. The lowest BCUT2D eigenvalue weighted by atomic mass is 10.3. The van der Waals surface area contributed by atoms with E-state index in [-0.39, 0.29) is 47.7 Å². The molecule has 0 aliphatic rings. The van der Waals surface area contributed by atoms with Crippen LogP contribution < -0.4 is 10.6 Å². The van der Waals surface area contributed by atoms with Crippen molar-refractivity contribution in [2.24, 2.45) is 0 Å². The highest BCUT2D eigenvalue weighted by atomic mass is 35.5. The molecule has 2 N–H and O–H groups in total. The molecule has 2 rings (SSSR count). The van der Waals surface area contributed by atoms with Crippen LogP contribution in [0.15, 0.2) is 18.5 Å². The molecule has 0 fully saturated rings. The number of halogens is 4. The fraction of sp³-hybridized carbons (Fsp3) is 0.357. The minimum atomic E-state index is -4.52. The van der Waals surface area contributed by atoms with Crippen LogP contribution in [0.3, 0.4) is 0 Å². The van der Waals surface area contributed by atoms with Crippen molar-refractivity contribution >= 4 is 29.1 Å². The van der Waals surface area contributed by atoms with Crippen LogP contribution in [-0.2, 0) is 22.2 Å². The smallest absolute Gasteiger partial charge is 0.355 e. The Hall–Kier alpha value is -2.29. The first-order valence-electron chi connectivity index (χ1n) is 6.92. The molecule has 2 aromatic heterocycles. The number of fused-ring (bicyclic) bond motifs is 1. The molecule has 2 heterocycles. The SMILES string of the molecule is CC(=O)NCCNC(=O)Cc1cn2cc(C(F)(F)F)cc(Cl)c2n1. The molecule has 0 aliphatic heterocycles. The molecule has 10 heteroatoms. The third-order valence-electron chi connectivity index (χ3n) is 3.05. The number of amides is 2. The highest BCUT2D eigenvalue weighted by molar-refractivity contribution is 6.33. The zero-order valence-electron chi connectivity index (χ0n) is 12.6. The predicted molar refractivity (Wildman–Crippen MR) is 80.6 cm³/mol. The quantitative estimate of drug-likeness (QED) is 0.796. The highest BCUT2D eigenvalue weighted by Gasteiger charge is 2.31. The second kappa shape index (κ2) is 7.08. The largest absolute Gasteiger partial charge is 0.417 e. The molecular weight excluding hydrogens is 349 g/mol. The Labute approximate surface area is 140 Å². The first-order valence-corrected chi connectivity index (χ1v) is 7.30. The summed E-state index contributed by atoms with van der Waals surface area (Å²) in [7, 11) is 0. The number of carbonyl (C=O) groups is 2. The summed E-state index contributed by atoms with van der Waals surface area (Å²) in [4.78, 5) is 26.5. The van der Waals surface area contributed by atoms with Crippen molar-refractivity contribution in [1.82, 2.24) is 20.0 Å². The third kappa shape index (κ3) is 4.60. The van der Waals surface area contributed by atoms with Gasteiger partial charge in [0.05, 0.1) is 22.7 Å². The fourth-order valence-electron chi connectivity index (χ4n) is 2.02. The van der Waals surface area contributed by atoms with Gasteiger partial charge in [0.2, 0.25) is 11.8 Å². The monoisotopic (exact) mass is 362 g/mol. The Morgan fingerprint density at radius 2 is 1.92 bits per heavy atom. The maximum atomic E-state index is 12.8. The fourth-order valence-corrected chi connectivity index (χ4v) is 2.27. The number of hydrogen-bond acceptors (Lipinski definition) is 3. The Morgan fingerprint density at radius 3 is 2.54 bits per heavy atom. The molecule has 2 aromatic rings. The van der Waals surface area contributed by atoms with Crippen LogP contribution >= 0.6 is 11.6 Å². The van der Waals surface area contributed by atoms with Crippen molar-refractivity contribution in [2.45, 2.75) is 19.5 Å².